The molecule has 6 nitrogen and oxygen atoms in total. The van der Waals surface area contributed by atoms with Crippen LogP contribution in [0.5, 0.6) is 0 Å². The molecule has 114 valence electrons. The summed E-state index contributed by atoms with van der Waals surface area (Å²) in [5, 5.41) is 12.2. The lowest BCUT2D eigenvalue weighted by atomic mass is 10.1. The molecular formula is C15H20N2O4. The van der Waals surface area contributed by atoms with Gasteiger partial charge >= 0.3 is 0 Å². The number of amides is 2. The topological polar surface area (TPSA) is 82.8 Å². The van der Waals surface area contributed by atoms with Crippen molar-refractivity contribution in [1.29, 1.82) is 0 Å². The van der Waals surface area contributed by atoms with E-state index in [0.29, 0.717) is 19.5 Å². The second-order valence-electron chi connectivity index (χ2n) is 6.01. The van der Waals surface area contributed by atoms with Crippen LogP contribution in [0.2, 0.25) is 0 Å². The Labute approximate surface area is 123 Å². The van der Waals surface area contributed by atoms with Crippen LogP contribution in [-0.2, 0) is 4.79 Å². The minimum Gasteiger partial charge on any atom is -0.459 e. The number of carbonyl (C=O) groups excluding carboxylic acids is 2. The molecule has 2 aliphatic rings. The van der Waals surface area contributed by atoms with Crippen LogP contribution in [0.3, 0.4) is 0 Å². The van der Waals surface area contributed by atoms with Crippen LogP contribution in [0.25, 0.3) is 0 Å². The molecule has 0 spiro atoms. The maximum Gasteiger partial charge on any atom is 0.290 e. The molecule has 2 fully saturated rings. The molecule has 1 saturated carbocycles. The Morgan fingerprint density at radius 2 is 2.29 bits per heavy atom. The number of nitrogens with zero attached hydrogens (tertiary/aromatic N) is 1. The summed E-state index contributed by atoms with van der Waals surface area (Å²) in [7, 11) is 0. The monoisotopic (exact) mass is 292 g/mol. The standard InChI is InChI=1S/C15H20N2O4/c18-10-15(5-6-15)9-16-13(19)11-3-1-7-17(11)14(20)12-4-2-8-21-12/h2,4,8,11,18H,1,3,5-7,9-10H2,(H,16,19). The van der Waals surface area contributed by atoms with E-state index in [9.17, 15) is 14.7 Å². The largest absolute Gasteiger partial charge is 0.459 e. The smallest absolute Gasteiger partial charge is 0.290 e. The van der Waals surface area contributed by atoms with Gasteiger partial charge in [-0.2, -0.15) is 0 Å². The van der Waals surface area contributed by atoms with Gasteiger partial charge in [-0.3, -0.25) is 9.59 Å². The zero-order valence-electron chi connectivity index (χ0n) is 11.9. The maximum absolute atomic E-state index is 12.3. The molecule has 1 atom stereocenters. The SMILES string of the molecule is O=C(NCC1(CO)CC1)C1CCCN1C(=O)c1ccco1. The molecule has 6 heteroatoms. The normalized spacial score (nSPS) is 23.1. The lowest BCUT2D eigenvalue weighted by Gasteiger charge is -2.24. The van der Waals surface area contributed by atoms with E-state index in [2.05, 4.69) is 5.32 Å². The number of furan rings is 1. The fraction of sp³-hybridized carbons (Fsp3) is 0.600. The van der Waals surface area contributed by atoms with Crippen molar-refractivity contribution < 1.29 is 19.1 Å². The van der Waals surface area contributed by atoms with Crippen LogP contribution in [0.4, 0.5) is 0 Å². The molecule has 3 rings (SSSR count). The highest BCUT2D eigenvalue weighted by atomic mass is 16.3. The first-order chi connectivity index (χ1) is 10.2. The summed E-state index contributed by atoms with van der Waals surface area (Å²) in [4.78, 5) is 26.2. The number of hydrogen-bond donors (Lipinski definition) is 2. The molecule has 0 bridgehead atoms. The molecule has 2 N–H and O–H groups in total. The Morgan fingerprint density at radius 3 is 2.90 bits per heavy atom. The predicted octanol–water partition coefficient (Wildman–Crippen LogP) is 0.773. The van der Waals surface area contributed by atoms with Crippen molar-refractivity contribution in [2.24, 2.45) is 5.41 Å². The first kappa shape index (κ1) is 14.1. The summed E-state index contributed by atoms with van der Waals surface area (Å²) < 4.78 is 5.12. The summed E-state index contributed by atoms with van der Waals surface area (Å²) in [5.41, 5.74) is -0.121. The van der Waals surface area contributed by atoms with E-state index >= 15 is 0 Å². The van der Waals surface area contributed by atoms with Crippen molar-refractivity contribution >= 4 is 11.8 Å². The van der Waals surface area contributed by atoms with E-state index in [1.54, 1.807) is 17.0 Å². The van der Waals surface area contributed by atoms with Crippen molar-refractivity contribution in [3.05, 3.63) is 24.2 Å². The molecule has 1 aromatic rings. The second-order valence-corrected chi connectivity index (χ2v) is 6.01. The number of aliphatic hydroxyl groups excluding tert-OH is 1. The molecule has 1 unspecified atom stereocenters. The highest BCUT2D eigenvalue weighted by Gasteiger charge is 2.43. The Hall–Kier alpha value is -1.82. The third-order valence-electron chi connectivity index (χ3n) is 4.48. The van der Waals surface area contributed by atoms with E-state index in [4.69, 9.17) is 4.42 Å². The van der Waals surface area contributed by atoms with Gasteiger partial charge in [-0.1, -0.05) is 0 Å². The Morgan fingerprint density at radius 1 is 1.48 bits per heavy atom. The molecule has 1 aliphatic carbocycles. The molecule has 0 radical (unpaired) electrons. The third-order valence-corrected chi connectivity index (χ3v) is 4.48. The highest BCUT2D eigenvalue weighted by molar-refractivity contribution is 5.95. The Bertz CT molecular complexity index is 522. The van der Waals surface area contributed by atoms with Crippen molar-refractivity contribution in [2.75, 3.05) is 19.7 Å². The van der Waals surface area contributed by atoms with E-state index in [1.165, 1.54) is 6.26 Å². The maximum atomic E-state index is 12.3. The van der Waals surface area contributed by atoms with Gasteiger partial charge < -0.3 is 19.7 Å². The summed E-state index contributed by atoms with van der Waals surface area (Å²) >= 11 is 0. The molecule has 1 aromatic heterocycles. The number of hydrogen-bond acceptors (Lipinski definition) is 4. The van der Waals surface area contributed by atoms with Crippen LogP contribution in [0.15, 0.2) is 22.8 Å². The summed E-state index contributed by atoms with van der Waals surface area (Å²) in [6, 6.07) is 2.84. The zero-order valence-corrected chi connectivity index (χ0v) is 11.9. The quantitative estimate of drug-likeness (QED) is 0.840. The average molecular weight is 292 g/mol. The van der Waals surface area contributed by atoms with Crippen LogP contribution >= 0.6 is 0 Å². The lowest BCUT2D eigenvalue weighted by molar-refractivity contribution is -0.125. The second kappa shape index (κ2) is 5.52. The summed E-state index contributed by atoms with van der Waals surface area (Å²) in [6.45, 7) is 1.16. The highest BCUT2D eigenvalue weighted by Crippen LogP contribution is 2.44. The van der Waals surface area contributed by atoms with E-state index in [1.807, 2.05) is 0 Å². The number of rotatable bonds is 5. The zero-order chi connectivity index (χ0) is 14.9. The van der Waals surface area contributed by atoms with Crippen LogP contribution in [0, 0.1) is 5.41 Å². The van der Waals surface area contributed by atoms with Gasteiger partial charge in [0, 0.05) is 18.5 Å². The Kier molecular flexibility index (Phi) is 3.71. The van der Waals surface area contributed by atoms with Gasteiger partial charge in [-0.05, 0) is 37.8 Å². The van der Waals surface area contributed by atoms with Crippen molar-refractivity contribution in [1.82, 2.24) is 10.2 Å². The van der Waals surface area contributed by atoms with Crippen LogP contribution in [-0.4, -0.2) is 47.6 Å². The number of nitrogens with one attached hydrogen (secondary N) is 1. The minimum absolute atomic E-state index is 0.104. The first-order valence-electron chi connectivity index (χ1n) is 7.38. The van der Waals surface area contributed by atoms with Gasteiger partial charge in [-0.25, -0.2) is 0 Å². The van der Waals surface area contributed by atoms with Crippen molar-refractivity contribution in [2.45, 2.75) is 31.7 Å². The van der Waals surface area contributed by atoms with Crippen LogP contribution < -0.4 is 5.32 Å². The number of aliphatic hydroxyl groups is 1. The molecule has 2 heterocycles. The fourth-order valence-electron chi connectivity index (χ4n) is 2.78. The summed E-state index contributed by atoms with van der Waals surface area (Å²) in [6.07, 6.45) is 4.84. The number of carbonyl (C=O) groups is 2. The fourth-order valence-corrected chi connectivity index (χ4v) is 2.78. The molecule has 1 saturated heterocycles. The first-order valence-corrected chi connectivity index (χ1v) is 7.38. The Balaban J connectivity index is 1.61. The van der Waals surface area contributed by atoms with Gasteiger partial charge in [0.15, 0.2) is 5.76 Å². The van der Waals surface area contributed by atoms with Crippen molar-refractivity contribution in [3.8, 4) is 0 Å². The van der Waals surface area contributed by atoms with Gasteiger partial charge in [0.05, 0.1) is 12.9 Å². The minimum atomic E-state index is -0.433. The summed E-state index contributed by atoms with van der Waals surface area (Å²) in [5.74, 6) is -0.100. The number of likely N-dealkylation sites (tertiary alicyclic amines) is 1. The molecule has 21 heavy (non-hydrogen) atoms. The van der Waals surface area contributed by atoms with Gasteiger partial charge in [0.1, 0.15) is 6.04 Å². The van der Waals surface area contributed by atoms with Crippen LogP contribution in [0.1, 0.15) is 36.2 Å². The van der Waals surface area contributed by atoms with Gasteiger partial charge in [-0.15, -0.1) is 0 Å². The van der Waals surface area contributed by atoms with E-state index < -0.39 is 6.04 Å². The predicted molar refractivity (Wildman–Crippen MR) is 74.5 cm³/mol. The lowest BCUT2D eigenvalue weighted by Crippen LogP contribution is -2.47. The molecule has 0 aromatic carbocycles. The molecular weight excluding hydrogens is 272 g/mol. The van der Waals surface area contributed by atoms with Gasteiger partial charge in [0.2, 0.25) is 5.91 Å². The molecule has 1 aliphatic heterocycles. The average Bonchev–Trinajstić information content (AvgIpc) is 2.95. The van der Waals surface area contributed by atoms with E-state index in [-0.39, 0.29) is 29.6 Å². The van der Waals surface area contributed by atoms with E-state index in [0.717, 1.165) is 19.3 Å². The van der Waals surface area contributed by atoms with Crippen molar-refractivity contribution in [3.63, 3.8) is 0 Å². The van der Waals surface area contributed by atoms with Gasteiger partial charge in [0.25, 0.3) is 5.91 Å². The molecule has 2 amide bonds. The third kappa shape index (κ3) is 2.81.